The van der Waals surface area contributed by atoms with Gasteiger partial charge < -0.3 is 19.3 Å². The Hall–Kier alpha value is -2.50. The van der Waals surface area contributed by atoms with Crippen molar-refractivity contribution in [2.24, 2.45) is 0 Å². The van der Waals surface area contributed by atoms with E-state index < -0.39 is 0 Å². The van der Waals surface area contributed by atoms with E-state index in [2.05, 4.69) is 10.5 Å². The second kappa shape index (κ2) is 6.95. The quantitative estimate of drug-likeness (QED) is 0.933. The molecule has 2 heterocycles. The zero-order valence-electron chi connectivity index (χ0n) is 14.2. The van der Waals surface area contributed by atoms with Crippen molar-refractivity contribution in [2.75, 3.05) is 19.8 Å². The van der Waals surface area contributed by atoms with E-state index in [1.807, 2.05) is 20.8 Å². The first-order chi connectivity index (χ1) is 11.6. The van der Waals surface area contributed by atoms with Crippen LogP contribution in [0.1, 0.15) is 46.6 Å². The molecular weight excluding hydrogens is 308 g/mol. The molecular formula is C18H22N2O4. The highest BCUT2D eigenvalue weighted by atomic mass is 16.5. The lowest BCUT2D eigenvalue weighted by atomic mass is 9.99. The Labute approximate surface area is 141 Å². The van der Waals surface area contributed by atoms with Crippen LogP contribution >= 0.6 is 0 Å². The number of carbonyl (C=O) groups excluding carboxylic acids is 1. The molecule has 2 aromatic rings. The molecule has 1 aliphatic rings. The van der Waals surface area contributed by atoms with Crippen LogP contribution in [0.3, 0.4) is 0 Å². The maximum atomic E-state index is 12.4. The van der Waals surface area contributed by atoms with Crippen LogP contribution in [0.4, 0.5) is 0 Å². The molecule has 0 aliphatic carbocycles. The number of aromatic nitrogens is 1. The first-order valence-corrected chi connectivity index (χ1v) is 8.17. The van der Waals surface area contributed by atoms with Gasteiger partial charge in [-0.05, 0) is 32.0 Å². The molecule has 0 spiro atoms. The number of hydrogen-bond acceptors (Lipinski definition) is 5. The van der Waals surface area contributed by atoms with Gasteiger partial charge in [0.2, 0.25) is 0 Å². The minimum Gasteiger partial charge on any atom is -0.490 e. The predicted molar refractivity (Wildman–Crippen MR) is 88.8 cm³/mol. The lowest BCUT2D eigenvalue weighted by Crippen LogP contribution is -2.27. The first kappa shape index (κ1) is 16.4. The topological polar surface area (TPSA) is 73.6 Å². The van der Waals surface area contributed by atoms with Crippen molar-refractivity contribution in [3.8, 4) is 11.5 Å². The monoisotopic (exact) mass is 330 g/mol. The van der Waals surface area contributed by atoms with Crippen LogP contribution < -0.4 is 14.8 Å². The van der Waals surface area contributed by atoms with E-state index in [0.29, 0.717) is 36.8 Å². The molecule has 1 atom stereocenters. The largest absolute Gasteiger partial charge is 0.490 e. The fourth-order valence-electron chi connectivity index (χ4n) is 2.95. The lowest BCUT2D eigenvalue weighted by Gasteiger charge is -2.13. The van der Waals surface area contributed by atoms with Crippen molar-refractivity contribution < 1.29 is 18.8 Å². The van der Waals surface area contributed by atoms with E-state index in [9.17, 15) is 4.79 Å². The molecule has 1 amide bonds. The van der Waals surface area contributed by atoms with Crippen LogP contribution in [-0.2, 0) is 0 Å². The summed E-state index contributed by atoms with van der Waals surface area (Å²) in [6.07, 6.45) is 0.838. The number of aryl methyl sites for hydroxylation is 2. The fraction of sp³-hybridized carbons (Fsp3) is 0.444. The molecule has 24 heavy (non-hydrogen) atoms. The summed E-state index contributed by atoms with van der Waals surface area (Å²) in [6.45, 7) is 7.58. The van der Waals surface area contributed by atoms with Crippen LogP contribution in [0.25, 0.3) is 0 Å². The number of rotatable bonds is 4. The summed E-state index contributed by atoms with van der Waals surface area (Å²) in [5.41, 5.74) is 2.48. The Morgan fingerprint density at radius 3 is 2.71 bits per heavy atom. The molecule has 3 rings (SSSR count). The first-order valence-electron chi connectivity index (χ1n) is 8.17. The number of hydrogen-bond donors (Lipinski definition) is 1. The lowest BCUT2D eigenvalue weighted by molar-refractivity contribution is 0.0951. The van der Waals surface area contributed by atoms with Gasteiger partial charge in [0, 0.05) is 30.0 Å². The Bertz CT molecular complexity index is 719. The van der Waals surface area contributed by atoms with Gasteiger partial charge in [0.05, 0.1) is 18.9 Å². The van der Waals surface area contributed by atoms with E-state index in [-0.39, 0.29) is 11.8 Å². The molecule has 0 fully saturated rings. The van der Waals surface area contributed by atoms with Gasteiger partial charge in [0.1, 0.15) is 5.76 Å². The van der Waals surface area contributed by atoms with Crippen molar-refractivity contribution >= 4 is 5.91 Å². The molecule has 1 aromatic carbocycles. The summed E-state index contributed by atoms with van der Waals surface area (Å²) in [5.74, 6) is 2.10. The summed E-state index contributed by atoms with van der Waals surface area (Å²) in [4.78, 5) is 12.4. The summed E-state index contributed by atoms with van der Waals surface area (Å²) in [6, 6.07) is 5.27. The fourth-order valence-corrected chi connectivity index (χ4v) is 2.95. The third kappa shape index (κ3) is 3.37. The van der Waals surface area contributed by atoms with Crippen LogP contribution in [0.5, 0.6) is 11.5 Å². The highest BCUT2D eigenvalue weighted by Gasteiger charge is 2.18. The maximum absolute atomic E-state index is 12.4. The number of ether oxygens (including phenoxy) is 2. The molecule has 1 unspecified atom stereocenters. The van der Waals surface area contributed by atoms with Gasteiger partial charge in [0.15, 0.2) is 11.5 Å². The van der Waals surface area contributed by atoms with Crippen LogP contribution in [0.15, 0.2) is 22.7 Å². The second-order valence-corrected chi connectivity index (χ2v) is 6.06. The van der Waals surface area contributed by atoms with Crippen LogP contribution in [-0.4, -0.2) is 30.8 Å². The average molecular weight is 330 g/mol. The number of nitrogens with zero attached hydrogens (tertiary/aromatic N) is 1. The van der Waals surface area contributed by atoms with Gasteiger partial charge in [-0.15, -0.1) is 0 Å². The van der Waals surface area contributed by atoms with Gasteiger partial charge in [0.25, 0.3) is 5.91 Å². The number of carbonyl (C=O) groups is 1. The average Bonchev–Trinajstić information content (AvgIpc) is 2.78. The van der Waals surface area contributed by atoms with E-state index in [1.54, 1.807) is 18.2 Å². The van der Waals surface area contributed by atoms with E-state index in [1.165, 1.54) is 0 Å². The SMILES string of the molecule is Cc1noc(C)c1C(C)CNC(=O)c1ccc2c(c1)OCCCO2. The van der Waals surface area contributed by atoms with Crippen molar-refractivity contribution in [2.45, 2.75) is 33.1 Å². The van der Waals surface area contributed by atoms with E-state index >= 15 is 0 Å². The smallest absolute Gasteiger partial charge is 0.251 e. The highest BCUT2D eigenvalue weighted by Crippen LogP contribution is 2.30. The van der Waals surface area contributed by atoms with Crippen molar-refractivity contribution in [1.29, 1.82) is 0 Å². The van der Waals surface area contributed by atoms with E-state index in [4.69, 9.17) is 14.0 Å². The molecule has 1 aliphatic heterocycles. The zero-order chi connectivity index (χ0) is 17.1. The Morgan fingerprint density at radius 1 is 1.25 bits per heavy atom. The minimum absolute atomic E-state index is 0.126. The van der Waals surface area contributed by atoms with Gasteiger partial charge in [-0.2, -0.15) is 0 Å². The molecule has 1 aromatic heterocycles. The summed E-state index contributed by atoms with van der Waals surface area (Å²) in [7, 11) is 0. The highest BCUT2D eigenvalue weighted by molar-refractivity contribution is 5.94. The number of benzene rings is 1. The van der Waals surface area contributed by atoms with Gasteiger partial charge in [-0.1, -0.05) is 12.1 Å². The molecule has 0 radical (unpaired) electrons. The van der Waals surface area contributed by atoms with Crippen molar-refractivity contribution in [1.82, 2.24) is 10.5 Å². The van der Waals surface area contributed by atoms with E-state index in [0.717, 1.165) is 23.4 Å². The van der Waals surface area contributed by atoms with Crippen LogP contribution in [0, 0.1) is 13.8 Å². The number of fused-ring (bicyclic) bond motifs is 1. The molecule has 0 bridgehead atoms. The molecule has 0 saturated carbocycles. The van der Waals surface area contributed by atoms with Gasteiger partial charge in [-0.3, -0.25) is 4.79 Å². The maximum Gasteiger partial charge on any atom is 0.251 e. The van der Waals surface area contributed by atoms with Gasteiger partial charge in [-0.25, -0.2) is 0 Å². The van der Waals surface area contributed by atoms with Crippen LogP contribution in [0.2, 0.25) is 0 Å². The predicted octanol–water partition coefficient (Wildman–Crippen LogP) is 2.99. The summed E-state index contributed by atoms with van der Waals surface area (Å²) >= 11 is 0. The third-order valence-corrected chi connectivity index (χ3v) is 4.16. The Balaban J connectivity index is 1.66. The molecule has 6 heteroatoms. The molecule has 1 N–H and O–H groups in total. The normalized spacial score (nSPS) is 14.8. The molecule has 0 saturated heterocycles. The van der Waals surface area contributed by atoms with Crippen molar-refractivity contribution in [3.63, 3.8) is 0 Å². The van der Waals surface area contributed by atoms with Crippen molar-refractivity contribution in [3.05, 3.63) is 40.8 Å². The summed E-state index contributed by atoms with van der Waals surface area (Å²) < 4.78 is 16.4. The standard InChI is InChI=1S/C18H22N2O4/c1-11(17-12(2)20-24-13(17)3)10-19-18(21)14-5-6-15-16(9-14)23-8-4-7-22-15/h5-6,9,11H,4,7-8,10H2,1-3H3,(H,19,21). The zero-order valence-corrected chi connectivity index (χ0v) is 14.2. The number of amides is 1. The summed E-state index contributed by atoms with van der Waals surface area (Å²) in [5, 5.41) is 6.92. The molecule has 128 valence electrons. The van der Waals surface area contributed by atoms with Gasteiger partial charge >= 0.3 is 0 Å². The minimum atomic E-state index is -0.135. The Kier molecular flexibility index (Phi) is 4.74. The Morgan fingerprint density at radius 2 is 2.00 bits per heavy atom. The second-order valence-electron chi connectivity index (χ2n) is 6.06. The molecule has 6 nitrogen and oxygen atoms in total. The number of nitrogens with one attached hydrogen (secondary N) is 1. The third-order valence-electron chi connectivity index (χ3n) is 4.16.